The van der Waals surface area contributed by atoms with Crippen LogP contribution in [0.4, 0.5) is 5.69 Å². The molecular weight excluding hydrogens is 363 g/mol. The van der Waals surface area contributed by atoms with E-state index in [1.165, 1.54) is 0 Å². The van der Waals surface area contributed by atoms with Crippen LogP contribution in [0.5, 0.6) is 0 Å². The zero-order valence-electron chi connectivity index (χ0n) is 13.3. The van der Waals surface area contributed by atoms with Gasteiger partial charge in [-0.1, -0.05) is 41.4 Å². The van der Waals surface area contributed by atoms with Crippen LogP contribution >= 0.6 is 23.2 Å². The highest BCUT2D eigenvalue weighted by Crippen LogP contribution is 2.26. The van der Waals surface area contributed by atoms with E-state index in [1.54, 1.807) is 47.4 Å². The Labute approximate surface area is 155 Å². The predicted octanol–water partition coefficient (Wildman–Crippen LogP) is 3.72. The molecule has 0 aromatic heterocycles. The minimum Gasteiger partial charge on any atom is -0.378 e. The van der Waals surface area contributed by atoms with Crippen LogP contribution in [-0.4, -0.2) is 43.0 Å². The van der Waals surface area contributed by atoms with Gasteiger partial charge in [0.1, 0.15) is 0 Å². The molecule has 2 aromatic carbocycles. The SMILES string of the molecule is O=C(Nc1ccccc1C(=O)N1CCOCC1)c1c(Cl)cccc1Cl. The van der Waals surface area contributed by atoms with Crippen molar-refractivity contribution in [3.63, 3.8) is 0 Å². The van der Waals surface area contributed by atoms with Crippen LogP contribution in [0, 0.1) is 0 Å². The second-order valence-electron chi connectivity index (χ2n) is 5.50. The fourth-order valence-corrected chi connectivity index (χ4v) is 3.18. The van der Waals surface area contributed by atoms with E-state index in [0.29, 0.717) is 37.6 Å². The molecule has 2 amide bonds. The highest BCUT2D eigenvalue weighted by atomic mass is 35.5. The standard InChI is InChI=1S/C18H16Cl2N2O3/c19-13-5-3-6-14(20)16(13)17(23)21-15-7-2-1-4-12(15)18(24)22-8-10-25-11-9-22/h1-7H,8-11H2,(H,21,23). The third-order valence-electron chi connectivity index (χ3n) is 3.89. The van der Waals surface area contributed by atoms with Gasteiger partial charge in [-0.15, -0.1) is 0 Å². The summed E-state index contributed by atoms with van der Waals surface area (Å²) in [7, 11) is 0. The van der Waals surface area contributed by atoms with E-state index >= 15 is 0 Å². The summed E-state index contributed by atoms with van der Waals surface area (Å²) in [6, 6.07) is 11.7. The number of rotatable bonds is 3. The minimum absolute atomic E-state index is 0.149. The molecular formula is C18H16Cl2N2O3. The van der Waals surface area contributed by atoms with Crippen molar-refractivity contribution in [1.82, 2.24) is 4.90 Å². The first-order chi connectivity index (χ1) is 12.1. The van der Waals surface area contributed by atoms with Crippen LogP contribution in [0.2, 0.25) is 10.0 Å². The molecule has 5 nitrogen and oxygen atoms in total. The van der Waals surface area contributed by atoms with Crippen molar-refractivity contribution < 1.29 is 14.3 Å². The predicted molar refractivity (Wildman–Crippen MR) is 97.6 cm³/mol. The van der Waals surface area contributed by atoms with Gasteiger partial charge in [-0.25, -0.2) is 0 Å². The smallest absolute Gasteiger partial charge is 0.258 e. The number of anilines is 1. The topological polar surface area (TPSA) is 58.6 Å². The number of morpholine rings is 1. The summed E-state index contributed by atoms with van der Waals surface area (Å²) in [5.41, 5.74) is 1.01. The molecule has 7 heteroatoms. The zero-order valence-corrected chi connectivity index (χ0v) is 14.8. The number of benzene rings is 2. The number of nitrogens with zero attached hydrogens (tertiary/aromatic N) is 1. The molecule has 130 valence electrons. The van der Waals surface area contributed by atoms with Gasteiger partial charge in [-0.2, -0.15) is 0 Å². The van der Waals surface area contributed by atoms with Crippen molar-refractivity contribution in [2.24, 2.45) is 0 Å². The number of nitrogens with one attached hydrogen (secondary N) is 1. The van der Waals surface area contributed by atoms with Crippen molar-refractivity contribution in [3.8, 4) is 0 Å². The number of hydrogen-bond donors (Lipinski definition) is 1. The molecule has 0 unspecified atom stereocenters. The maximum absolute atomic E-state index is 12.7. The van der Waals surface area contributed by atoms with E-state index in [1.807, 2.05) is 0 Å². The highest BCUT2D eigenvalue weighted by Gasteiger charge is 2.22. The molecule has 0 atom stereocenters. The quantitative estimate of drug-likeness (QED) is 0.885. The number of para-hydroxylation sites is 1. The summed E-state index contributed by atoms with van der Waals surface area (Å²) < 4.78 is 5.27. The van der Waals surface area contributed by atoms with Crippen LogP contribution in [0.25, 0.3) is 0 Å². The second kappa shape index (κ2) is 7.87. The van der Waals surface area contributed by atoms with Gasteiger partial charge in [0.25, 0.3) is 11.8 Å². The number of ether oxygens (including phenoxy) is 1. The third kappa shape index (κ3) is 3.95. The molecule has 0 bridgehead atoms. The highest BCUT2D eigenvalue weighted by molar-refractivity contribution is 6.40. The summed E-state index contributed by atoms with van der Waals surface area (Å²) >= 11 is 12.2. The molecule has 1 N–H and O–H groups in total. The van der Waals surface area contributed by atoms with Crippen LogP contribution in [0.3, 0.4) is 0 Å². The lowest BCUT2D eigenvalue weighted by atomic mass is 10.1. The lowest BCUT2D eigenvalue weighted by molar-refractivity contribution is 0.0303. The van der Waals surface area contributed by atoms with Crippen LogP contribution in [0.1, 0.15) is 20.7 Å². The second-order valence-corrected chi connectivity index (χ2v) is 6.32. The molecule has 1 saturated heterocycles. The van der Waals surface area contributed by atoms with E-state index in [-0.39, 0.29) is 21.5 Å². The van der Waals surface area contributed by atoms with Crippen molar-refractivity contribution in [1.29, 1.82) is 0 Å². The molecule has 0 radical (unpaired) electrons. The van der Waals surface area contributed by atoms with Crippen molar-refractivity contribution in [3.05, 3.63) is 63.6 Å². The lowest BCUT2D eigenvalue weighted by Gasteiger charge is -2.27. The maximum atomic E-state index is 12.7. The molecule has 3 rings (SSSR count). The van der Waals surface area contributed by atoms with Gasteiger partial charge in [0, 0.05) is 13.1 Å². The summed E-state index contributed by atoms with van der Waals surface area (Å²) in [6.45, 7) is 2.07. The first-order valence-electron chi connectivity index (χ1n) is 7.79. The Hall–Kier alpha value is -2.08. The monoisotopic (exact) mass is 378 g/mol. The minimum atomic E-state index is -0.460. The van der Waals surface area contributed by atoms with Crippen molar-refractivity contribution in [2.45, 2.75) is 0 Å². The molecule has 0 spiro atoms. The van der Waals surface area contributed by atoms with E-state index in [9.17, 15) is 9.59 Å². The number of carbonyl (C=O) groups is 2. The Kier molecular flexibility index (Phi) is 5.58. The van der Waals surface area contributed by atoms with Gasteiger partial charge in [0.2, 0.25) is 0 Å². The first kappa shape index (κ1) is 17.7. The Morgan fingerprint density at radius 2 is 1.60 bits per heavy atom. The Morgan fingerprint density at radius 3 is 2.28 bits per heavy atom. The lowest BCUT2D eigenvalue weighted by Crippen LogP contribution is -2.41. The fraction of sp³-hybridized carbons (Fsp3) is 0.222. The van der Waals surface area contributed by atoms with E-state index in [2.05, 4.69) is 5.32 Å². The summed E-state index contributed by atoms with van der Waals surface area (Å²) in [6.07, 6.45) is 0. The number of amides is 2. The third-order valence-corrected chi connectivity index (χ3v) is 4.52. The molecule has 1 aliphatic rings. The molecule has 0 saturated carbocycles. The molecule has 0 aliphatic carbocycles. The van der Waals surface area contributed by atoms with Gasteiger partial charge in [0.05, 0.1) is 40.1 Å². The van der Waals surface area contributed by atoms with E-state index in [0.717, 1.165) is 0 Å². The summed E-state index contributed by atoms with van der Waals surface area (Å²) in [5, 5.41) is 3.25. The number of carbonyl (C=O) groups excluding carboxylic acids is 2. The Balaban J connectivity index is 1.86. The Bertz CT molecular complexity index is 784. The van der Waals surface area contributed by atoms with Crippen LogP contribution in [0.15, 0.2) is 42.5 Å². The zero-order chi connectivity index (χ0) is 17.8. The first-order valence-corrected chi connectivity index (χ1v) is 8.55. The molecule has 1 fully saturated rings. The van der Waals surface area contributed by atoms with Gasteiger partial charge in [0.15, 0.2) is 0 Å². The van der Waals surface area contributed by atoms with Gasteiger partial charge >= 0.3 is 0 Å². The number of halogens is 2. The van der Waals surface area contributed by atoms with Crippen LogP contribution < -0.4 is 5.32 Å². The van der Waals surface area contributed by atoms with Gasteiger partial charge < -0.3 is 15.0 Å². The molecule has 25 heavy (non-hydrogen) atoms. The Morgan fingerprint density at radius 1 is 0.960 bits per heavy atom. The van der Waals surface area contributed by atoms with Gasteiger partial charge in [-0.3, -0.25) is 9.59 Å². The van der Waals surface area contributed by atoms with Gasteiger partial charge in [-0.05, 0) is 24.3 Å². The largest absolute Gasteiger partial charge is 0.378 e. The summed E-state index contributed by atoms with van der Waals surface area (Å²) in [4.78, 5) is 27.0. The molecule has 1 heterocycles. The molecule has 2 aromatic rings. The normalized spacial score (nSPS) is 14.2. The average molecular weight is 379 g/mol. The summed E-state index contributed by atoms with van der Waals surface area (Å²) in [5.74, 6) is -0.609. The fourth-order valence-electron chi connectivity index (χ4n) is 2.61. The molecule has 1 aliphatic heterocycles. The maximum Gasteiger partial charge on any atom is 0.258 e. The van der Waals surface area contributed by atoms with Crippen molar-refractivity contribution in [2.75, 3.05) is 31.6 Å². The van der Waals surface area contributed by atoms with E-state index in [4.69, 9.17) is 27.9 Å². The van der Waals surface area contributed by atoms with Crippen molar-refractivity contribution >= 4 is 40.7 Å². The van der Waals surface area contributed by atoms with E-state index < -0.39 is 5.91 Å². The van der Waals surface area contributed by atoms with Crippen LogP contribution in [-0.2, 0) is 4.74 Å². The number of hydrogen-bond acceptors (Lipinski definition) is 3. The average Bonchev–Trinajstić information content (AvgIpc) is 2.62.